The minimum Gasteiger partial charge on any atom is -0.493 e. The van der Waals surface area contributed by atoms with Gasteiger partial charge >= 0.3 is 0 Å². The second-order valence-corrected chi connectivity index (χ2v) is 7.91. The molecule has 3 N–H and O–H groups in total. The first-order valence-electron chi connectivity index (χ1n) is 10.9. The van der Waals surface area contributed by atoms with Crippen LogP contribution in [0, 0.1) is 0 Å². The molecule has 180 valence electrons. The molecule has 8 heteroatoms. The summed E-state index contributed by atoms with van der Waals surface area (Å²) >= 11 is 0. The van der Waals surface area contributed by atoms with E-state index in [0.717, 1.165) is 11.1 Å². The summed E-state index contributed by atoms with van der Waals surface area (Å²) in [5.74, 6) is 2.68. The largest absolute Gasteiger partial charge is 0.493 e. The molecule has 1 fully saturated rings. The van der Waals surface area contributed by atoms with E-state index >= 15 is 0 Å². The van der Waals surface area contributed by atoms with Crippen molar-refractivity contribution in [3.8, 4) is 28.7 Å². The molecular formula is C26H30N2O6. The number of benzene rings is 3. The predicted molar refractivity (Wildman–Crippen MR) is 129 cm³/mol. The van der Waals surface area contributed by atoms with Gasteiger partial charge in [0.2, 0.25) is 5.75 Å². The van der Waals surface area contributed by atoms with E-state index in [4.69, 9.17) is 29.4 Å². The monoisotopic (exact) mass is 466 g/mol. The predicted octanol–water partition coefficient (Wildman–Crippen LogP) is 3.51. The van der Waals surface area contributed by atoms with E-state index in [-0.39, 0.29) is 6.04 Å². The highest BCUT2D eigenvalue weighted by Crippen LogP contribution is 2.48. The number of nitrogens with zero attached hydrogens (tertiary/aromatic N) is 1. The van der Waals surface area contributed by atoms with E-state index in [9.17, 15) is 5.11 Å². The zero-order chi connectivity index (χ0) is 24.2. The molecule has 0 radical (unpaired) electrons. The topological polar surface area (TPSA) is 95.6 Å². The van der Waals surface area contributed by atoms with Crippen molar-refractivity contribution >= 4 is 5.69 Å². The number of methoxy groups -OCH3 is 4. The van der Waals surface area contributed by atoms with Crippen LogP contribution in [-0.2, 0) is 6.61 Å². The van der Waals surface area contributed by atoms with Crippen LogP contribution in [-0.4, -0.2) is 45.8 Å². The Balaban J connectivity index is 1.67. The SMILES string of the molecule is COc1ccc([C@H]2[C@H](N)C(O)N2c2cc(OC)c(OC)c(OC)c2)cc1OCc1ccccc1. The maximum absolute atomic E-state index is 10.8. The smallest absolute Gasteiger partial charge is 0.203 e. The first kappa shape index (κ1) is 23.5. The molecule has 1 aliphatic rings. The van der Waals surface area contributed by atoms with Gasteiger partial charge in [-0.3, -0.25) is 0 Å². The van der Waals surface area contributed by atoms with E-state index < -0.39 is 12.3 Å². The standard InChI is InChI=1S/C26H30N2O6/c1-30-19-11-10-17(12-20(19)34-15-16-8-6-5-7-9-16)24-23(27)26(29)28(24)18-13-21(31-2)25(33-4)22(14-18)32-3/h5-14,23-24,26,29H,15,27H2,1-4H3/t23-,24-,26?/m0/s1. The fourth-order valence-electron chi connectivity index (χ4n) is 4.23. The van der Waals surface area contributed by atoms with Crippen molar-refractivity contribution < 1.29 is 28.8 Å². The molecule has 1 heterocycles. The highest BCUT2D eigenvalue weighted by Gasteiger charge is 2.47. The second kappa shape index (κ2) is 10.1. The number of hydrogen-bond donors (Lipinski definition) is 2. The Hall–Kier alpha value is -3.62. The van der Waals surface area contributed by atoms with Crippen LogP contribution in [0.15, 0.2) is 60.7 Å². The number of hydrogen-bond acceptors (Lipinski definition) is 8. The van der Waals surface area contributed by atoms with Gasteiger partial charge in [0, 0.05) is 17.8 Å². The highest BCUT2D eigenvalue weighted by molar-refractivity contribution is 5.66. The van der Waals surface area contributed by atoms with Gasteiger partial charge in [0.05, 0.1) is 40.5 Å². The van der Waals surface area contributed by atoms with E-state index in [0.29, 0.717) is 41.0 Å². The molecule has 0 aromatic heterocycles. The van der Waals surface area contributed by atoms with Crippen molar-refractivity contribution in [3.05, 3.63) is 71.8 Å². The Kier molecular flexibility index (Phi) is 7.00. The number of ether oxygens (including phenoxy) is 5. The molecule has 1 unspecified atom stereocenters. The molecule has 4 rings (SSSR count). The summed E-state index contributed by atoms with van der Waals surface area (Å²) in [7, 11) is 6.25. The van der Waals surface area contributed by atoms with E-state index in [1.54, 1.807) is 40.6 Å². The van der Waals surface area contributed by atoms with Gasteiger partial charge in [-0.15, -0.1) is 0 Å². The molecule has 0 saturated carbocycles. The number of anilines is 1. The lowest BCUT2D eigenvalue weighted by Gasteiger charge is -2.52. The minimum absolute atomic E-state index is 0.303. The van der Waals surface area contributed by atoms with Crippen molar-refractivity contribution in [3.63, 3.8) is 0 Å². The van der Waals surface area contributed by atoms with Gasteiger partial charge in [0.1, 0.15) is 12.8 Å². The lowest BCUT2D eigenvalue weighted by molar-refractivity contribution is 0.0516. The van der Waals surface area contributed by atoms with Gasteiger partial charge in [-0.25, -0.2) is 0 Å². The maximum atomic E-state index is 10.8. The lowest BCUT2D eigenvalue weighted by Crippen LogP contribution is -2.66. The van der Waals surface area contributed by atoms with Crippen LogP contribution in [0.1, 0.15) is 17.2 Å². The summed E-state index contributed by atoms with van der Waals surface area (Å²) in [6, 6.07) is 18.4. The van der Waals surface area contributed by atoms with Crippen molar-refractivity contribution in [1.82, 2.24) is 0 Å². The van der Waals surface area contributed by atoms with Crippen molar-refractivity contribution in [2.75, 3.05) is 33.3 Å². The summed E-state index contributed by atoms with van der Waals surface area (Å²) in [5.41, 5.74) is 8.98. The van der Waals surface area contributed by atoms with Crippen LogP contribution in [0.2, 0.25) is 0 Å². The van der Waals surface area contributed by atoms with E-state index in [2.05, 4.69) is 0 Å². The van der Waals surface area contributed by atoms with Gasteiger partial charge in [0.15, 0.2) is 23.0 Å². The third kappa shape index (κ3) is 4.30. The normalized spacial score (nSPS) is 19.2. The molecule has 1 aliphatic heterocycles. The first-order valence-corrected chi connectivity index (χ1v) is 10.9. The number of aliphatic hydroxyl groups is 1. The first-order chi connectivity index (χ1) is 16.5. The fraction of sp³-hybridized carbons (Fsp3) is 0.308. The van der Waals surface area contributed by atoms with Crippen LogP contribution in [0.25, 0.3) is 0 Å². The Morgan fingerprint density at radius 1 is 0.794 bits per heavy atom. The molecule has 3 atom stereocenters. The van der Waals surface area contributed by atoms with Gasteiger partial charge < -0.3 is 39.4 Å². The molecule has 8 nitrogen and oxygen atoms in total. The van der Waals surface area contributed by atoms with E-state index in [1.165, 1.54) is 0 Å². The Morgan fingerprint density at radius 2 is 1.44 bits per heavy atom. The molecule has 0 amide bonds. The number of rotatable bonds is 9. The third-order valence-corrected chi connectivity index (χ3v) is 6.01. The van der Waals surface area contributed by atoms with Crippen molar-refractivity contribution in [1.29, 1.82) is 0 Å². The molecular weight excluding hydrogens is 436 g/mol. The van der Waals surface area contributed by atoms with Gasteiger partial charge in [-0.05, 0) is 23.3 Å². The Morgan fingerprint density at radius 3 is 2.03 bits per heavy atom. The molecule has 3 aromatic rings. The average molecular weight is 467 g/mol. The third-order valence-electron chi connectivity index (χ3n) is 6.01. The lowest BCUT2D eigenvalue weighted by atomic mass is 9.87. The molecule has 0 spiro atoms. The number of nitrogens with two attached hydrogens (primary N) is 1. The highest BCUT2D eigenvalue weighted by atomic mass is 16.5. The van der Waals surface area contributed by atoms with Crippen LogP contribution in [0.4, 0.5) is 5.69 Å². The zero-order valence-electron chi connectivity index (χ0n) is 19.7. The van der Waals surface area contributed by atoms with Crippen LogP contribution >= 0.6 is 0 Å². The van der Waals surface area contributed by atoms with E-state index in [1.807, 2.05) is 53.4 Å². The summed E-state index contributed by atoms with van der Waals surface area (Å²) in [5, 5.41) is 10.8. The minimum atomic E-state index is -0.886. The summed E-state index contributed by atoms with van der Waals surface area (Å²) in [6.45, 7) is 0.399. The van der Waals surface area contributed by atoms with Crippen LogP contribution < -0.4 is 34.3 Å². The summed E-state index contributed by atoms with van der Waals surface area (Å²) < 4.78 is 28.0. The summed E-state index contributed by atoms with van der Waals surface area (Å²) in [4.78, 5) is 1.82. The van der Waals surface area contributed by atoms with Gasteiger partial charge in [-0.1, -0.05) is 36.4 Å². The summed E-state index contributed by atoms with van der Waals surface area (Å²) in [6.07, 6.45) is -0.886. The van der Waals surface area contributed by atoms with Gasteiger partial charge in [0.25, 0.3) is 0 Å². The molecule has 34 heavy (non-hydrogen) atoms. The fourth-order valence-corrected chi connectivity index (χ4v) is 4.23. The van der Waals surface area contributed by atoms with Crippen LogP contribution in [0.5, 0.6) is 28.7 Å². The Labute approximate surface area is 199 Å². The molecule has 0 aliphatic carbocycles. The molecule has 3 aromatic carbocycles. The van der Waals surface area contributed by atoms with Crippen LogP contribution in [0.3, 0.4) is 0 Å². The maximum Gasteiger partial charge on any atom is 0.203 e. The molecule has 0 bridgehead atoms. The van der Waals surface area contributed by atoms with Gasteiger partial charge in [-0.2, -0.15) is 0 Å². The average Bonchev–Trinajstić information content (AvgIpc) is 2.89. The van der Waals surface area contributed by atoms with Crippen molar-refractivity contribution in [2.45, 2.75) is 24.9 Å². The number of aliphatic hydroxyl groups excluding tert-OH is 1. The van der Waals surface area contributed by atoms with Crippen molar-refractivity contribution in [2.24, 2.45) is 5.73 Å². The second-order valence-electron chi connectivity index (χ2n) is 7.91. The zero-order valence-corrected chi connectivity index (χ0v) is 19.7. The molecule has 1 saturated heterocycles. The quantitative estimate of drug-likeness (QED) is 0.495. The Bertz CT molecular complexity index is 1100.